The molecule has 0 radical (unpaired) electrons. The zero-order valence-electron chi connectivity index (χ0n) is 12.6. The second kappa shape index (κ2) is 7.22. The first-order valence-corrected chi connectivity index (χ1v) is 7.21. The smallest absolute Gasteiger partial charge is 0.323 e. The van der Waals surface area contributed by atoms with Crippen molar-refractivity contribution in [3.8, 4) is 0 Å². The maximum atomic E-state index is 11.4. The Balaban J connectivity index is 2.41. The third-order valence-electron chi connectivity index (χ3n) is 4.51. The predicted molar refractivity (Wildman–Crippen MR) is 75.4 cm³/mol. The molecule has 0 aromatic rings. The van der Waals surface area contributed by atoms with Crippen LogP contribution in [-0.2, 0) is 9.53 Å². The minimum atomic E-state index is -0.779. The normalized spacial score (nSPS) is 26.6. The van der Waals surface area contributed by atoms with Gasteiger partial charge in [0.2, 0.25) is 0 Å². The molecule has 1 aliphatic heterocycles. The first kappa shape index (κ1) is 16.4. The fourth-order valence-corrected chi connectivity index (χ4v) is 2.94. The summed E-state index contributed by atoms with van der Waals surface area (Å²) < 4.78 is 5.57. The van der Waals surface area contributed by atoms with Gasteiger partial charge in [-0.25, -0.2) is 0 Å². The van der Waals surface area contributed by atoms with Gasteiger partial charge in [-0.1, -0.05) is 6.92 Å². The molecule has 0 aromatic carbocycles. The van der Waals surface area contributed by atoms with Crippen LogP contribution in [-0.4, -0.2) is 60.9 Å². The predicted octanol–water partition coefficient (Wildman–Crippen LogP) is 1.33. The summed E-state index contributed by atoms with van der Waals surface area (Å²) in [6, 6.07) is 0.468. The summed E-state index contributed by atoms with van der Waals surface area (Å²) in [4.78, 5) is 13.7. The maximum absolute atomic E-state index is 11.4. The highest BCUT2D eigenvalue weighted by molar-refractivity contribution is 5.78. The highest BCUT2D eigenvalue weighted by atomic mass is 16.5. The lowest BCUT2D eigenvalue weighted by Gasteiger charge is -2.30. The number of carboxylic acids is 1. The molecule has 3 unspecified atom stereocenters. The molecular weight excluding hydrogens is 244 g/mol. The van der Waals surface area contributed by atoms with Crippen molar-refractivity contribution in [2.45, 2.75) is 57.2 Å². The van der Waals surface area contributed by atoms with E-state index >= 15 is 0 Å². The average molecular weight is 272 g/mol. The average Bonchev–Trinajstić information content (AvgIpc) is 2.81. The Morgan fingerprint density at radius 2 is 2.26 bits per heavy atom. The minimum Gasteiger partial charge on any atom is -0.480 e. The zero-order chi connectivity index (χ0) is 14.5. The van der Waals surface area contributed by atoms with Crippen molar-refractivity contribution in [3.05, 3.63) is 0 Å². The SMILES string of the molecule is CCC(CCCN(C)C1CCOC1C)(NC)C(=O)O. The zero-order valence-corrected chi connectivity index (χ0v) is 12.6. The molecule has 19 heavy (non-hydrogen) atoms. The van der Waals surface area contributed by atoms with E-state index in [-0.39, 0.29) is 6.10 Å². The minimum absolute atomic E-state index is 0.282. The van der Waals surface area contributed by atoms with Crippen LogP contribution >= 0.6 is 0 Å². The number of nitrogens with zero attached hydrogens (tertiary/aromatic N) is 1. The van der Waals surface area contributed by atoms with E-state index in [1.54, 1.807) is 7.05 Å². The highest BCUT2D eigenvalue weighted by Crippen LogP contribution is 2.21. The Morgan fingerprint density at radius 3 is 2.68 bits per heavy atom. The van der Waals surface area contributed by atoms with Gasteiger partial charge in [0.05, 0.1) is 6.10 Å². The summed E-state index contributed by atoms with van der Waals surface area (Å²) >= 11 is 0. The van der Waals surface area contributed by atoms with Gasteiger partial charge >= 0.3 is 5.97 Å². The summed E-state index contributed by atoms with van der Waals surface area (Å²) in [6.45, 7) is 5.77. The Kier molecular flexibility index (Phi) is 6.23. The highest BCUT2D eigenvalue weighted by Gasteiger charge is 2.34. The molecule has 0 bridgehead atoms. The van der Waals surface area contributed by atoms with Crippen molar-refractivity contribution >= 4 is 5.97 Å². The van der Waals surface area contributed by atoms with Crippen molar-refractivity contribution in [2.24, 2.45) is 0 Å². The number of hydrogen-bond donors (Lipinski definition) is 2. The van der Waals surface area contributed by atoms with Gasteiger partial charge in [0.15, 0.2) is 0 Å². The number of carboxylic acid groups (broad SMARTS) is 1. The number of likely N-dealkylation sites (N-methyl/N-ethyl adjacent to an activating group) is 2. The van der Waals surface area contributed by atoms with Gasteiger partial charge in [0.25, 0.3) is 0 Å². The molecule has 0 amide bonds. The van der Waals surface area contributed by atoms with Crippen molar-refractivity contribution in [2.75, 3.05) is 27.2 Å². The molecule has 1 fully saturated rings. The van der Waals surface area contributed by atoms with Crippen LogP contribution in [0.5, 0.6) is 0 Å². The van der Waals surface area contributed by atoms with Crippen molar-refractivity contribution in [1.82, 2.24) is 10.2 Å². The quantitative estimate of drug-likeness (QED) is 0.698. The van der Waals surface area contributed by atoms with Crippen LogP contribution in [0.1, 0.15) is 39.5 Å². The summed E-state index contributed by atoms with van der Waals surface area (Å²) in [5.74, 6) is -0.752. The number of aliphatic carboxylic acids is 1. The molecule has 0 saturated carbocycles. The number of nitrogens with one attached hydrogen (secondary N) is 1. The lowest BCUT2D eigenvalue weighted by Crippen LogP contribution is -2.50. The van der Waals surface area contributed by atoms with Gasteiger partial charge in [-0.2, -0.15) is 0 Å². The number of ether oxygens (including phenoxy) is 1. The standard InChI is InChI=1S/C14H28N2O3/c1-5-14(15-3,13(17)18)8-6-9-16(4)12-7-10-19-11(12)2/h11-12,15H,5-10H2,1-4H3,(H,17,18). The maximum Gasteiger partial charge on any atom is 0.323 e. The lowest BCUT2D eigenvalue weighted by molar-refractivity contribution is -0.145. The van der Waals surface area contributed by atoms with E-state index in [4.69, 9.17) is 4.74 Å². The van der Waals surface area contributed by atoms with E-state index in [0.29, 0.717) is 18.9 Å². The van der Waals surface area contributed by atoms with Crippen LogP contribution in [0, 0.1) is 0 Å². The van der Waals surface area contributed by atoms with Crippen LogP contribution < -0.4 is 5.32 Å². The van der Waals surface area contributed by atoms with Crippen LogP contribution in [0.3, 0.4) is 0 Å². The van der Waals surface area contributed by atoms with E-state index in [9.17, 15) is 9.90 Å². The van der Waals surface area contributed by atoms with Gasteiger partial charge in [0, 0.05) is 12.6 Å². The van der Waals surface area contributed by atoms with Crippen molar-refractivity contribution in [3.63, 3.8) is 0 Å². The molecule has 0 aliphatic carbocycles. The molecule has 2 N–H and O–H groups in total. The molecule has 1 heterocycles. The van der Waals surface area contributed by atoms with E-state index in [2.05, 4.69) is 24.2 Å². The van der Waals surface area contributed by atoms with Crippen LogP contribution in [0.4, 0.5) is 0 Å². The number of hydrogen-bond acceptors (Lipinski definition) is 4. The summed E-state index contributed by atoms with van der Waals surface area (Å²) in [6.07, 6.45) is 3.49. The van der Waals surface area contributed by atoms with E-state index in [1.807, 2.05) is 6.92 Å². The molecule has 1 aliphatic rings. The molecule has 0 aromatic heterocycles. The largest absolute Gasteiger partial charge is 0.480 e. The summed E-state index contributed by atoms with van der Waals surface area (Å²) in [7, 11) is 3.83. The first-order chi connectivity index (χ1) is 8.96. The number of rotatable bonds is 8. The number of carbonyl (C=O) groups is 1. The van der Waals surface area contributed by atoms with Gasteiger partial charge in [0.1, 0.15) is 5.54 Å². The monoisotopic (exact) mass is 272 g/mol. The van der Waals surface area contributed by atoms with Crippen molar-refractivity contribution < 1.29 is 14.6 Å². The Hall–Kier alpha value is -0.650. The van der Waals surface area contributed by atoms with E-state index < -0.39 is 11.5 Å². The Morgan fingerprint density at radius 1 is 1.58 bits per heavy atom. The van der Waals surface area contributed by atoms with Crippen molar-refractivity contribution in [1.29, 1.82) is 0 Å². The lowest BCUT2D eigenvalue weighted by atomic mass is 9.90. The first-order valence-electron chi connectivity index (χ1n) is 7.21. The molecular formula is C14H28N2O3. The molecule has 5 nitrogen and oxygen atoms in total. The molecule has 5 heteroatoms. The van der Waals surface area contributed by atoms with Gasteiger partial charge < -0.3 is 20.1 Å². The fraction of sp³-hybridized carbons (Fsp3) is 0.929. The van der Waals surface area contributed by atoms with Gasteiger partial charge in [-0.3, -0.25) is 4.79 Å². The summed E-state index contributed by atoms with van der Waals surface area (Å²) in [5.41, 5.74) is -0.779. The molecule has 1 rings (SSSR count). The third kappa shape index (κ3) is 3.91. The molecule has 1 saturated heterocycles. The molecule has 112 valence electrons. The second-order valence-corrected chi connectivity index (χ2v) is 5.51. The van der Waals surface area contributed by atoms with Crippen LogP contribution in [0.15, 0.2) is 0 Å². The van der Waals surface area contributed by atoms with E-state index in [0.717, 1.165) is 26.0 Å². The summed E-state index contributed by atoms with van der Waals surface area (Å²) in [5, 5.41) is 12.3. The van der Waals surface area contributed by atoms with Gasteiger partial charge in [-0.05, 0) is 53.2 Å². The molecule has 3 atom stereocenters. The van der Waals surface area contributed by atoms with E-state index in [1.165, 1.54) is 0 Å². The van der Waals surface area contributed by atoms with Crippen LogP contribution in [0.2, 0.25) is 0 Å². The molecule has 0 spiro atoms. The van der Waals surface area contributed by atoms with Gasteiger partial charge in [-0.15, -0.1) is 0 Å². The Labute approximate surface area is 116 Å². The Bertz CT molecular complexity index is 292. The van der Waals surface area contributed by atoms with Crippen LogP contribution in [0.25, 0.3) is 0 Å². The third-order valence-corrected chi connectivity index (χ3v) is 4.51. The second-order valence-electron chi connectivity index (χ2n) is 5.51. The topological polar surface area (TPSA) is 61.8 Å². The fourth-order valence-electron chi connectivity index (χ4n) is 2.94.